The molecule has 1 nitrogen and oxygen atoms in total. The van der Waals surface area contributed by atoms with E-state index in [1.54, 1.807) is 0 Å². The fourth-order valence-electron chi connectivity index (χ4n) is 1.98. The summed E-state index contributed by atoms with van der Waals surface area (Å²) >= 11 is 0. The zero-order valence-electron chi connectivity index (χ0n) is 11.9. The predicted molar refractivity (Wildman–Crippen MR) is 81.5 cm³/mol. The number of rotatable bonds is 2. The maximum Gasteiger partial charge on any atom is 0.0525 e. The van der Waals surface area contributed by atoms with Crippen molar-refractivity contribution in [3.63, 3.8) is 0 Å². The minimum absolute atomic E-state index is 0.241. The molecular formula is C16H22NP. The van der Waals surface area contributed by atoms with Crippen LogP contribution < -0.4 is 0 Å². The van der Waals surface area contributed by atoms with Crippen LogP contribution in [0, 0.1) is 0 Å². The minimum Gasteiger partial charge on any atom is -0.321 e. The highest BCUT2D eigenvalue weighted by atomic mass is 31.0. The number of aromatic nitrogens is 1. The summed E-state index contributed by atoms with van der Waals surface area (Å²) in [6.45, 7) is 11.4. The quantitative estimate of drug-likeness (QED) is 0.660. The van der Waals surface area contributed by atoms with E-state index in [9.17, 15) is 0 Å². The highest BCUT2D eigenvalue weighted by Crippen LogP contribution is 2.38. The van der Waals surface area contributed by atoms with Crippen LogP contribution in [0.25, 0.3) is 11.3 Å². The molecule has 0 saturated heterocycles. The van der Waals surface area contributed by atoms with Crippen LogP contribution in [0.5, 0.6) is 0 Å². The second-order valence-corrected chi connectivity index (χ2v) is 7.18. The molecule has 1 aromatic heterocycles. The van der Waals surface area contributed by atoms with Gasteiger partial charge in [-0.05, 0) is 30.9 Å². The number of nitrogens with zero attached hydrogens (tertiary/aromatic N) is 1. The van der Waals surface area contributed by atoms with Crippen molar-refractivity contribution in [3.8, 4) is 11.3 Å². The van der Waals surface area contributed by atoms with E-state index < -0.39 is 0 Å². The first kappa shape index (κ1) is 13.4. The summed E-state index contributed by atoms with van der Waals surface area (Å²) in [6.07, 6.45) is 0. The van der Waals surface area contributed by atoms with Gasteiger partial charge < -0.3 is 4.33 Å². The van der Waals surface area contributed by atoms with Gasteiger partial charge in [-0.15, -0.1) is 0 Å². The summed E-state index contributed by atoms with van der Waals surface area (Å²) in [5.41, 5.74) is 2.92. The molecule has 18 heavy (non-hydrogen) atoms. The van der Waals surface area contributed by atoms with Crippen molar-refractivity contribution in [3.05, 3.63) is 41.7 Å². The van der Waals surface area contributed by atoms with Crippen molar-refractivity contribution < 1.29 is 0 Å². The third-order valence-electron chi connectivity index (χ3n) is 3.06. The van der Waals surface area contributed by atoms with Gasteiger partial charge in [-0.3, -0.25) is 0 Å². The van der Waals surface area contributed by atoms with Gasteiger partial charge in [-0.1, -0.05) is 51.1 Å². The Bertz CT molecular complexity index is 518. The van der Waals surface area contributed by atoms with Gasteiger partial charge >= 0.3 is 0 Å². The molecule has 0 radical (unpaired) electrons. The molecule has 0 atom stereocenters. The van der Waals surface area contributed by atoms with Gasteiger partial charge in [0.15, 0.2) is 0 Å². The van der Waals surface area contributed by atoms with E-state index >= 15 is 0 Å². The Morgan fingerprint density at radius 3 is 2.17 bits per heavy atom. The third-order valence-corrected chi connectivity index (χ3v) is 4.97. The van der Waals surface area contributed by atoms with Gasteiger partial charge in [0.05, 0.1) is 5.69 Å². The molecule has 0 aliphatic heterocycles. The highest BCUT2D eigenvalue weighted by molar-refractivity contribution is 7.27. The molecular weight excluding hydrogens is 237 g/mol. The Morgan fingerprint density at radius 2 is 1.67 bits per heavy atom. The second-order valence-electron chi connectivity index (χ2n) is 6.07. The van der Waals surface area contributed by atoms with Crippen molar-refractivity contribution in [1.82, 2.24) is 4.33 Å². The van der Waals surface area contributed by atoms with Gasteiger partial charge in [0.2, 0.25) is 0 Å². The lowest BCUT2D eigenvalue weighted by Crippen LogP contribution is -2.07. The predicted octanol–water partition coefficient (Wildman–Crippen LogP) is 5.61. The number of hydrogen-bond acceptors (Lipinski definition) is 0. The van der Waals surface area contributed by atoms with E-state index in [0.29, 0.717) is 6.04 Å². The Balaban J connectivity index is 2.56. The smallest absolute Gasteiger partial charge is 0.0525 e. The average molecular weight is 259 g/mol. The molecule has 0 bridgehead atoms. The number of benzene rings is 1. The summed E-state index contributed by atoms with van der Waals surface area (Å²) in [5.74, 6) is 0. The van der Waals surface area contributed by atoms with Crippen LogP contribution in [-0.4, -0.2) is 4.33 Å². The maximum atomic E-state index is 2.47. The van der Waals surface area contributed by atoms with Crippen molar-refractivity contribution in [2.24, 2.45) is 0 Å². The van der Waals surface area contributed by atoms with Crippen LogP contribution in [0.1, 0.15) is 46.0 Å². The molecule has 0 aliphatic rings. The lowest BCUT2D eigenvalue weighted by molar-refractivity contribution is 0.604. The fourth-order valence-corrected chi connectivity index (χ4v) is 3.20. The van der Waals surface area contributed by atoms with Crippen molar-refractivity contribution in [2.75, 3.05) is 0 Å². The average Bonchev–Trinajstić information content (AvgIpc) is 2.74. The summed E-state index contributed by atoms with van der Waals surface area (Å²) < 4.78 is 2.47. The highest BCUT2D eigenvalue weighted by Gasteiger charge is 2.20. The molecule has 0 amide bonds. The first-order chi connectivity index (χ1) is 8.39. The normalized spacial score (nSPS) is 12.6. The molecule has 2 aromatic rings. The molecule has 0 unspecified atom stereocenters. The molecule has 2 heteroatoms. The monoisotopic (exact) mass is 259 g/mol. The lowest BCUT2D eigenvalue weighted by atomic mass is 9.94. The first-order valence-electron chi connectivity index (χ1n) is 6.55. The SMILES string of the molecule is CC(C)n1pc(C(C)(C)C)cc1-c1ccccc1. The second kappa shape index (κ2) is 4.90. The van der Waals surface area contributed by atoms with Gasteiger partial charge in [-0.25, -0.2) is 0 Å². The van der Waals surface area contributed by atoms with Gasteiger partial charge in [0.1, 0.15) is 0 Å². The van der Waals surface area contributed by atoms with E-state index in [0.717, 1.165) is 0 Å². The lowest BCUT2D eigenvalue weighted by Gasteiger charge is -2.15. The molecule has 0 aliphatic carbocycles. The zero-order valence-corrected chi connectivity index (χ0v) is 12.8. The zero-order chi connectivity index (χ0) is 13.3. The van der Waals surface area contributed by atoms with E-state index in [4.69, 9.17) is 0 Å². The standard InChI is InChI=1S/C16H22NP/c1-12(2)17-14(13-9-7-6-8-10-13)11-15(18-17)16(3,4)5/h6-12H,1-5H3. The molecule has 1 aromatic carbocycles. The Kier molecular flexibility index (Phi) is 3.64. The molecule has 0 spiro atoms. The molecule has 0 fully saturated rings. The summed E-state index contributed by atoms with van der Waals surface area (Å²) in [6, 6.07) is 13.6. The summed E-state index contributed by atoms with van der Waals surface area (Å²) in [4.78, 5) is 0. The van der Waals surface area contributed by atoms with Crippen LogP contribution in [0.4, 0.5) is 0 Å². The summed E-state index contributed by atoms with van der Waals surface area (Å²) in [5, 5.41) is 1.50. The topological polar surface area (TPSA) is 4.93 Å². The number of hydrogen-bond donors (Lipinski definition) is 0. The van der Waals surface area contributed by atoms with Crippen LogP contribution in [0.3, 0.4) is 0 Å². The molecule has 96 valence electrons. The van der Waals surface area contributed by atoms with E-state index in [-0.39, 0.29) is 5.41 Å². The van der Waals surface area contributed by atoms with E-state index in [2.05, 4.69) is 75.3 Å². The first-order valence-corrected chi connectivity index (χ1v) is 7.40. The maximum absolute atomic E-state index is 2.47. The fraction of sp³-hybridized carbons (Fsp3) is 0.438. The Morgan fingerprint density at radius 1 is 1.06 bits per heavy atom. The van der Waals surface area contributed by atoms with E-state index in [1.807, 2.05) is 0 Å². The Labute approximate surface area is 112 Å². The van der Waals surface area contributed by atoms with Crippen LogP contribution in [0.2, 0.25) is 0 Å². The van der Waals surface area contributed by atoms with Crippen molar-refractivity contribution in [1.29, 1.82) is 0 Å². The van der Waals surface area contributed by atoms with Crippen LogP contribution in [0.15, 0.2) is 36.4 Å². The Hall–Kier alpha value is -1.07. The third kappa shape index (κ3) is 2.67. The largest absolute Gasteiger partial charge is 0.321 e. The van der Waals surface area contributed by atoms with Gasteiger partial charge in [0.25, 0.3) is 0 Å². The van der Waals surface area contributed by atoms with Crippen molar-refractivity contribution in [2.45, 2.75) is 46.1 Å². The van der Waals surface area contributed by atoms with Crippen molar-refractivity contribution >= 4 is 8.35 Å². The van der Waals surface area contributed by atoms with Gasteiger partial charge in [-0.2, -0.15) is 0 Å². The van der Waals surface area contributed by atoms with Crippen LogP contribution >= 0.6 is 8.35 Å². The molecule has 1 heterocycles. The van der Waals surface area contributed by atoms with Crippen LogP contribution in [-0.2, 0) is 5.41 Å². The summed E-state index contributed by atoms with van der Waals surface area (Å²) in [7, 11) is 1.34. The van der Waals surface area contributed by atoms with Gasteiger partial charge in [0, 0.05) is 19.7 Å². The minimum atomic E-state index is 0.241. The molecule has 0 N–H and O–H groups in total. The van der Waals surface area contributed by atoms with E-state index in [1.165, 1.54) is 24.9 Å². The molecule has 0 saturated carbocycles. The molecule has 2 rings (SSSR count).